The van der Waals surface area contributed by atoms with E-state index in [0.29, 0.717) is 16.3 Å². The van der Waals surface area contributed by atoms with Crippen molar-refractivity contribution in [2.24, 2.45) is 0 Å². The normalized spacial score (nSPS) is 17.3. The number of rotatable bonds is 4. The first kappa shape index (κ1) is 13.0. The first-order valence-corrected chi connectivity index (χ1v) is 7.01. The Morgan fingerprint density at radius 3 is 2.88 bits per heavy atom. The number of morpholine rings is 1. The third-order valence-electron chi connectivity index (χ3n) is 2.84. The van der Waals surface area contributed by atoms with Crippen LogP contribution in [-0.4, -0.2) is 37.0 Å². The highest BCUT2D eigenvalue weighted by atomic mass is 35.5. The van der Waals surface area contributed by atoms with Crippen LogP contribution in [0.5, 0.6) is 0 Å². The number of halogens is 1. The van der Waals surface area contributed by atoms with Crippen LogP contribution in [0.2, 0.25) is 4.34 Å². The van der Waals surface area contributed by atoms with Crippen molar-refractivity contribution in [1.29, 1.82) is 0 Å². The molecule has 0 unspecified atom stereocenters. The molecule has 1 aliphatic heterocycles. The van der Waals surface area contributed by atoms with E-state index in [9.17, 15) is 4.79 Å². The van der Waals surface area contributed by atoms with Gasteiger partial charge in [-0.25, -0.2) is 0 Å². The fraction of sp³-hybridized carbons (Fsp3) is 0.583. The van der Waals surface area contributed by atoms with Gasteiger partial charge in [0.05, 0.1) is 13.2 Å². The molecule has 1 aromatic rings. The Balaban J connectivity index is 2.03. The zero-order chi connectivity index (χ0) is 12.3. The van der Waals surface area contributed by atoms with Gasteiger partial charge in [-0.05, 0) is 6.07 Å². The van der Waals surface area contributed by atoms with Crippen molar-refractivity contribution in [2.45, 2.75) is 19.9 Å². The van der Waals surface area contributed by atoms with Crippen LogP contribution < -0.4 is 0 Å². The topological polar surface area (TPSA) is 29.5 Å². The zero-order valence-corrected chi connectivity index (χ0v) is 11.4. The molecule has 1 aromatic heterocycles. The fourth-order valence-electron chi connectivity index (χ4n) is 1.86. The van der Waals surface area contributed by atoms with Crippen molar-refractivity contribution < 1.29 is 9.53 Å². The molecule has 5 heteroatoms. The summed E-state index contributed by atoms with van der Waals surface area (Å²) in [6.07, 6.45) is 0.507. The minimum absolute atomic E-state index is 0.125. The summed E-state index contributed by atoms with van der Waals surface area (Å²) in [6, 6.07) is 1.94. The van der Waals surface area contributed by atoms with Crippen LogP contribution >= 0.6 is 22.9 Å². The Morgan fingerprint density at radius 1 is 1.53 bits per heavy atom. The smallest absolute Gasteiger partial charge is 0.164 e. The van der Waals surface area contributed by atoms with Gasteiger partial charge in [0.25, 0.3) is 0 Å². The molecule has 17 heavy (non-hydrogen) atoms. The SMILES string of the molecule is CCC(=O)c1cc(CN2CCOCC2)sc1Cl. The highest BCUT2D eigenvalue weighted by Crippen LogP contribution is 2.29. The van der Waals surface area contributed by atoms with Crippen LogP contribution in [0.25, 0.3) is 0 Å². The Kier molecular flexibility index (Phi) is 4.56. The minimum Gasteiger partial charge on any atom is -0.379 e. The summed E-state index contributed by atoms with van der Waals surface area (Å²) < 4.78 is 5.93. The van der Waals surface area contributed by atoms with E-state index >= 15 is 0 Å². The Morgan fingerprint density at radius 2 is 2.24 bits per heavy atom. The van der Waals surface area contributed by atoms with Gasteiger partial charge in [0.15, 0.2) is 5.78 Å². The summed E-state index contributed by atoms with van der Waals surface area (Å²) in [6.45, 7) is 6.21. The summed E-state index contributed by atoms with van der Waals surface area (Å²) in [4.78, 5) is 15.1. The van der Waals surface area contributed by atoms with Gasteiger partial charge in [0, 0.05) is 36.5 Å². The van der Waals surface area contributed by atoms with Crippen molar-refractivity contribution in [2.75, 3.05) is 26.3 Å². The lowest BCUT2D eigenvalue weighted by atomic mass is 10.1. The second-order valence-electron chi connectivity index (χ2n) is 4.07. The van der Waals surface area contributed by atoms with Gasteiger partial charge >= 0.3 is 0 Å². The largest absolute Gasteiger partial charge is 0.379 e. The maximum Gasteiger partial charge on any atom is 0.164 e. The molecular weight excluding hydrogens is 258 g/mol. The summed E-state index contributed by atoms with van der Waals surface area (Å²) in [5, 5.41) is 0. The number of carbonyl (C=O) groups excluding carboxylic acids is 1. The Labute approximate surface area is 110 Å². The summed E-state index contributed by atoms with van der Waals surface area (Å²) in [5.74, 6) is 0.125. The quantitative estimate of drug-likeness (QED) is 0.790. The van der Waals surface area contributed by atoms with Crippen LogP contribution in [0, 0.1) is 0 Å². The molecule has 0 atom stereocenters. The molecule has 94 valence electrons. The second-order valence-corrected chi connectivity index (χ2v) is 5.80. The summed E-state index contributed by atoms with van der Waals surface area (Å²) >= 11 is 7.60. The van der Waals surface area contributed by atoms with E-state index in [1.807, 2.05) is 13.0 Å². The third kappa shape index (κ3) is 3.28. The van der Waals surface area contributed by atoms with E-state index in [1.54, 1.807) is 0 Å². The van der Waals surface area contributed by atoms with Gasteiger partial charge in [-0.3, -0.25) is 9.69 Å². The molecule has 0 radical (unpaired) electrons. The molecule has 3 nitrogen and oxygen atoms in total. The van der Waals surface area contributed by atoms with E-state index < -0.39 is 0 Å². The number of hydrogen-bond acceptors (Lipinski definition) is 4. The number of ether oxygens (including phenoxy) is 1. The molecule has 1 aliphatic rings. The van der Waals surface area contributed by atoms with Crippen LogP contribution in [0.1, 0.15) is 28.6 Å². The molecule has 1 fully saturated rings. The van der Waals surface area contributed by atoms with Gasteiger partial charge < -0.3 is 4.74 Å². The molecule has 0 amide bonds. The second kappa shape index (κ2) is 5.96. The molecule has 0 aromatic carbocycles. The van der Waals surface area contributed by atoms with Gasteiger partial charge in [-0.15, -0.1) is 11.3 Å². The van der Waals surface area contributed by atoms with Gasteiger partial charge in [-0.1, -0.05) is 18.5 Å². The lowest BCUT2D eigenvalue weighted by molar-refractivity contribution is 0.0346. The highest BCUT2D eigenvalue weighted by Gasteiger charge is 2.16. The van der Waals surface area contributed by atoms with Crippen LogP contribution in [0.3, 0.4) is 0 Å². The highest BCUT2D eigenvalue weighted by molar-refractivity contribution is 7.16. The molecular formula is C12H16ClNO2S. The maximum absolute atomic E-state index is 11.6. The molecule has 0 bridgehead atoms. The first-order chi connectivity index (χ1) is 8.20. The summed E-state index contributed by atoms with van der Waals surface area (Å²) in [7, 11) is 0. The van der Waals surface area contributed by atoms with Crippen molar-refractivity contribution in [3.8, 4) is 0 Å². The average Bonchev–Trinajstić information content (AvgIpc) is 2.70. The number of nitrogens with zero attached hydrogens (tertiary/aromatic N) is 1. The number of Topliss-reactive ketones (excluding diaryl/α,β-unsaturated/α-hetero) is 1. The number of ketones is 1. The molecule has 2 rings (SSSR count). The van der Waals surface area contributed by atoms with E-state index in [2.05, 4.69) is 4.90 Å². The predicted molar refractivity (Wildman–Crippen MR) is 70.0 cm³/mol. The van der Waals surface area contributed by atoms with Crippen molar-refractivity contribution in [3.63, 3.8) is 0 Å². The number of hydrogen-bond donors (Lipinski definition) is 0. The lowest BCUT2D eigenvalue weighted by Crippen LogP contribution is -2.35. The molecule has 0 aliphatic carbocycles. The van der Waals surface area contributed by atoms with Crippen LogP contribution in [-0.2, 0) is 11.3 Å². The molecule has 1 saturated heterocycles. The van der Waals surface area contributed by atoms with Crippen LogP contribution in [0.4, 0.5) is 0 Å². The van der Waals surface area contributed by atoms with Crippen molar-refractivity contribution in [3.05, 3.63) is 20.8 Å². The van der Waals surface area contributed by atoms with Gasteiger partial charge in [0.2, 0.25) is 0 Å². The van der Waals surface area contributed by atoms with E-state index in [0.717, 1.165) is 37.7 Å². The standard InChI is InChI=1S/C12H16ClNO2S/c1-2-11(15)10-7-9(17-12(10)13)8-14-3-5-16-6-4-14/h7H,2-6,8H2,1H3. The van der Waals surface area contributed by atoms with E-state index in [4.69, 9.17) is 16.3 Å². The molecule has 0 N–H and O–H groups in total. The van der Waals surface area contributed by atoms with Crippen molar-refractivity contribution >= 4 is 28.7 Å². The fourth-order valence-corrected chi connectivity index (χ4v) is 3.25. The van der Waals surface area contributed by atoms with Gasteiger partial charge in [-0.2, -0.15) is 0 Å². The molecule has 2 heterocycles. The Bertz CT molecular complexity index is 399. The lowest BCUT2D eigenvalue weighted by Gasteiger charge is -2.25. The predicted octanol–water partition coefficient (Wildman–Crippen LogP) is 2.83. The maximum atomic E-state index is 11.6. The average molecular weight is 274 g/mol. The van der Waals surface area contributed by atoms with Gasteiger partial charge in [0.1, 0.15) is 4.34 Å². The van der Waals surface area contributed by atoms with Crippen LogP contribution in [0.15, 0.2) is 6.07 Å². The molecule has 0 saturated carbocycles. The van der Waals surface area contributed by atoms with E-state index in [-0.39, 0.29) is 5.78 Å². The number of carbonyl (C=O) groups is 1. The Hall–Kier alpha value is -0.420. The number of thiophene rings is 1. The third-order valence-corrected chi connectivity index (χ3v) is 4.19. The minimum atomic E-state index is 0.125. The zero-order valence-electron chi connectivity index (χ0n) is 9.87. The monoisotopic (exact) mass is 273 g/mol. The van der Waals surface area contributed by atoms with E-state index in [1.165, 1.54) is 11.3 Å². The summed E-state index contributed by atoms with van der Waals surface area (Å²) in [5.41, 5.74) is 0.683. The first-order valence-electron chi connectivity index (χ1n) is 5.82. The molecule has 0 spiro atoms. The van der Waals surface area contributed by atoms with Crippen molar-refractivity contribution in [1.82, 2.24) is 4.90 Å².